The van der Waals surface area contributed by atoms with E-state index in [1.165, 1.54) is 12.8 Å². The molecule has 1 aliphatic heterocycles. The third-order valence-electron chi connectivity index (χ3n) is 2.47. The van der Waals surface area contributed by atoms with Crippen molar-refractivity contribution in [2.45, 2.75) is 52.2 Å². The highest BCUT2D eigenvalue weighted by Gasteiger charge is 2.47. The van der Waals surface area contributed by atoms with E-state index in [2.05, 4.69) is 27.7 Å². The van der Waals surface area contributed by atoms with Crippen LogP contribution >= 0.6 is 0 Å². The Morgan fingerprint density at radius 1 is 1.50 bits per heavy atom. The van der Waals surface area contributed by atoms with Gasteiger partial charge in [-0.2, -0.15) is 0 Å². The Morgan fingerprint density at radius 2 is 2.00 bits per heavy atom. The van der Waals surface area contributed by atoms with E-state index in [9.17, 15) is 0 Å². The van der Waals surface area contributed by atoms with E-state index in [0.29, 0.717) is 6.10 Å². The third-order valence-corrected chi connectivity index (χ3v) is 2.47. The summed E-state index contributed by atoms with van der Waals surface area (Å²) in [6.07, 6.45) is 3.03. The van der Waals surface area contributed by atoms with Gasteiger partial charge in [-0.1, -0.05) is 13.8 Å². The van der Waals surface area contributed by atoms with Crippen LogP contribution in [0, 0.1) is 5.92 Å². The molecule has 0 aromatic rings. The predicted molar refractivity (Wildman–Crippen MR) is 43.0 cm³/mol. The normalized spacial score (nSPS) is 38.7. The minimum atomic E-state index is 0.240. The second-order valence-electron chi connectivity index (χ2n) is 4.01. The van der Waals surface area contributed by atoms with Gasteiger partial charge >= 0.3 is 0 Å². The Labute approximate surface area is 63.8 Å². The molecule has 0 aromatic heterocycles. The van der Waals surface area contributed by atoms with Crippen LogP contribution in [0.4, 0.5) is 0 Å². The number of hydrogen-bond donors (Lipinski definition) is 0. The third kappa shape index (κ3) is 1.72. The first-order valence-electron chi connectivity index (χ1n) is 4.22. The van der Waals surface area contributed by atoms with Crippen LogP contribution in [0.25, 0.3) is 0 Å². The highest BCUT2D eigenvalue weighted by Crippen LogP contribution is 2.40. The van der Waals surface area contributed by atoms with Gasteiger partial charge in [-0.15, -0.1) is 0 Å². The fraction of sp³-hybridized carbons (Fsp3) is 1.00. The van der Waals surface area contributed by atoms with Gasteiger partial charge < -0.3 is 4.74 Å². The molecule has 0 N–H and O–H groups in total. The highest BCUT2D eigenvalue weighted by atomic mass is 16.6. The van der Waals surface area contributed by atoms with Crippen LogP contribution in [-0.4, -0.2) is 11.7 Å². The van der Waals surface area contributed by atoms with Crippen LogP contribution in [-0.2, 0) is 4.74 Å². The van der Waals surface area contributed by atoms with Gasteiger partial charge in [-0.05, 0) is 32.6 Å². The quantitative estimate of drug-likeness (QED) is 0.552. The van der Waals surface area contributed by atoms with Crippen LogP contribution in [0.2, 0.25) is 0 Å². The predicted octanol–water partition coefficient (Wildman–Crippen LogP) is 2.60. The maximum absolute atomic E-state index is 5.45. The smallest absolute Gasteiger partial charge is 0.0917 e. The van der Waals surface area contributed by atoms with Gasteiger partial charge in [0.05, 0.1) is 11.7 Å². The fourth-order valence-electron chi connectivity index (χ4n) is 1.21. The van der Waals surface area contributed by atoms with E-state index >= 15 is 0 Å². The van der Waals surface area contributed by atoms with E-state index in [4.69, 9.17) is 4.74 Å². The summed E-state index contributed by atoms with van der Waals surface area (Å²) in [4.78, 5) is 0. The van der Waals surface area contributed by atoms with Crippen LogP contribution in [0.5, 0.6) is 0 Å². The SMILES string of the molecule is CC(C)CCC1(C)OC1C. The maximum Gasteiger partial charge on any atom is 0.0917 e. The Kier molecular flexibility index (Phi) is 2.04. The molecule has 1 saturated heterocycles. The number of rotatable bonds is 3. The van der Waals surface area contributed by atoms with E-state index < -0.39 is 0 Å². The van der Waals surface area contributed by atoms with E-state index in [-0.39, 0.29) is 5.60 Å². The van der Waals surface area contributed by atoms with E-state index in [1.807, 2.05) is 0 Å². The molecule has 0 amide bonds. The summed E-state index contributed by atoms with van der Waals surface area (Å²) < 4.78 is 5.45. The topological polar surface area (TPSA) is 12.5 Å². The van der Waals surface area contributed by atoms with Crippen molar-refractivity contribution in [3.63, 3.8) is 0 Å². The van der Waals surface area contributed by atoms with E-state index in [0.717, 1.165) is 5.92 Å². The summed E-state index contributed by atoms with van der Waals surface area (Å²) in [5.74, 6) is 0.813. The first-order valence-corrected chi connectivity index (χ1v) is 4.22. The molecule has 1 rings (SSSR count). The Morgan fingerprint density at radius 3 is 2.30 bits per heavy atom. The Bertz CT molecular complexity index is 120. The molecule has 60 valence electrons. The molecule has 1 heteroatoms. The molecule has 0 bridgehead atoms. The summed E-state index contributed by atoms with van der Waals surface area (Å²) in [7, 11) is 0. The van der Waals surface area contributed by atoms with Gasteiger partial charge in [-0.25, -0.2) is 0 Å². The van der Waals surface area contributed by atoms with Gasteiger partial charge in [0.15, 0.2) is 0 Å². The monoisotopic (exact) mass is 142 g/mol. The van der Waals surface area contributed by atoms with Gasteiger partial charge in [-0.3, -0.25) is 0 Å². The molecule has 1 aliphatic rings. The van der Waals surface area contributed by atoms with Crippen molar-refractivity contribution < 1.29 is 4.74 Å². The van der Waals surface area contributed by atoms with Gasteiger partial charge in [0.25, 0.3) is 0 Å². The van der Waals surface area contributed by atoms with Crippen molar-refractivity contribution in [1.29, 1.82) is 0 Å². The van der Waals surface area contributed by atoms with Crippen molar-refractivity contribution in [2.24, 2.45) is 5.92 Å². The molecule has 0 aromatic carbocycles. The molecular weight excluding hydrogens is 124 g/mol. The first kappa shape index (κ1) is 8.06. The molecule has 1 heterocycles. The van der Waals surface area contributed by atoms with Crippen LogP contribution in [0.1, 0.15) is 40.5 Å². The minimum Gasteiger partial charge on any atom is -0.367 e. The number of hydrogen-bond acceptors (Lipinski definition) is 1. The summed E-state index contributed by atoms with van der Waals surface area (Å²) >= 11 is 0. The van der Waals surface area contributed by atoms with Crippen molar-refractivity contribution in [1.82, 2.24) is 0 Å². The van der Waals surface area contributed by atoms with Crippen molar-refractivity contribution in [2.75, 3.05) is 0 Å². The van der Waals surface area contributed by atoms with Crippen molar-refractivity contribution >= 4 is 0 Å². The lowest BCUT2D eigenvalue weighted by Gasteiger charge is -2.07. The molecule has 0 aliphatic carbocycles. The van der Waals surface area contributed by atoms with Gasteiger partial charge in [0.1, 0.15) is 0 Å². The lowest BCUT2D eigenvalue weighted by atomic mass is 9.97. The zero-order chi connectivity index (χ0) is 7.78. The maximum atomic E-state index is 5.45. The average molecular weight is 142 g/mol. The summed E-state index contributed by atoms with van der Waals surface area (Å²) in [6, 6.07) is 0. The summed E-state index contributed by atoms with van der Waals surface area (Å²) in [5, 5.41) is 0. The van der Waals surface area contributed by atoms with Crippen molar-refractivity contribution in [3.8, 4) is 0 Å². The molecule has 0 spiro atoms. The zero-order valence-corrected chi connectivity index (χ0v) is 7.48. The van der Waals surface area contributed by atoms with Gasteiger partial charge in [0.2, 0.25) is 0 Å². The highest BCUT2D eigenvalue weighted by molar-refractivity contribution is 4.95. The lowest BCUT2D eigenvalue weighted by molar-refractivity contribution is 0.286. The number of ether oxygens (including phenoxy) is 1. The van der Waals surface area contributed by atoms with E-state index in [1.54, 1.807) is 0 Å². The second kappa shape index (κ2) is 2.54. The molecule has 0 saturated carbocycles. The molecule has 2 unspecified atom stereocenters. The fourth-order valence-corrected chi connectivity index (χ4v) is 1.21. The van der Waals surface area contributed by atoms with Crippen LogP contribution in [0.15, 0.2) is 0 Å². The minimum absolute atomic E-state index is 0.240. The van der Waals surface area contributed by atoms with Crippen LogP contribution < -0.4 is 0 Å². The zero-order valence-electron chi connectivity index (χ0n) is 7.48. The van der Waals surface area contributed by atoms with Crippen LogP contribution in [0.3, 0.4) is 0 Å². The Hall–Kier alpha value is -0.0400. The second-order valence-corrected chi connectivity index (χ2v) is 4.01. The molecule has 10 heavy (non-hydrogen) atoms. The molecule has 1 nitrogen and oxygen atoms in total. The molecule has 0 radical (unpaired) electrons. The standard InChI is InChI=1S/C9H18O/c1-7(2)5-6-9(4)8(3)10-9/h7-8H,5-6H2,1-4H3. The first-order chi connectivity index (χ1) is 4.54. The molecule has 1 fully saturated rings. The lowest BCUT2D eigenvalue weighted by Crippen LogP contribution is -2.08. The summed E-state index contributed by atoms with van der Waals surface area (Å²) in [5.41, 5.74) is 0.240. The average Bonchev–Trinajstić information content (AvgIpc) is 2.38. The summed E-state index contributed by atoms with van der Waals surface area (Å²) in [6.45, 7) is 8.88. The molecular formula is C9H18O. The largest absolute Gasteiger partial charge is 0.367 e. The Balaban J connectivity index is 2.15. The number of epoxide rings is 1. The molecule has 2 atom stereocenters. The van der Waals surface area contributed by atoms with Gasteiger partial charge in [0, 0.05) is 0 Å². The van der Waals surface area contributed by atoms with Crippen molar-refractivity contribution in [3.05, 3.63) is 0 Å².